The van der Waals surface area contributed by atoms with E-state index < -0.39 is 21.8 Å². The molecule has 5 nitrogen and oxygen atoms in total. The number of carbonyl (C=O) groups excluding carboxylic acids is 2. The molecule has 1 fully saturated rings. The van der Waals surface area contributed by atoms with Gasteiger partial charge in [0.25, 0.3) is 0 Å². The van der Waals surface area contributed by atoms with Crippen LogP contribution < -0.4 is 4.31 Å². The summed E-state index contributed by atoms with van der Waals surface area (Å²) in [6.45, 7) is 2.97. The third-order valence-electron chi connectivity index (χ3n) is 2.85. The maximum Gasteiger partial charge on any atom is 0.244 e. The largest absolute Gasteiger partial charge is 0.295 e. The van der Waals surface area contributed by atoms with Crippen LogP contribution >= 0.6 is 0 Å². The van der Waals surface area contributed by atoms with E-state index in [1.807, 2.05) is 0 Å². The third-order valence-corrected chi connectivity index (χ3v) is 4.72. The number of nitrogens with zero attached hydrogens (tertiary/aromatic N) is 1. The Morgan fingerprint density at radius 3 is 2.56 bits per heavy atom. The number of anilines is 1. The number of ketones is 1. The normalized spacial score (nSPS) is 22.2. The van der Waals surface area contributed by atoms with Crippen LogP contribution in [0.4, 0.5) is 5.69 Å². The molecule has 96 valence electrons. The maximum atomic E-state index is 11.9. The highest BCUT2D eigenvalue weighted by atomic mass is 32.2. The van der Waals surface area contributed by atoms with Crippen LogP contribution in [0.15, 0.2) is 24.3 Å². The molecule has 0 aliphatic carbocycles. The summed E-state index contributed by atoms with van der Waals surface area (Å²) in [5.41, 5.74) is 0.618. The molecule has 0 spiro atoms. The van der Waals surface area contributed by atoms with E-state index in [1.165, 1.54) is 19.1 Å². The standard InChI is InChI=1S/C12H13NO4S/c1-8-7-18(16,17)13(12(8)15)11-5-3-4-10(6-11)9(2)14/h3-6,8H,7H2,1-2H3. The van der Waals surface area contributed by atoms with E-state index in [4.69, 9.17) is 0 Å². The van der Waals surface area contributed by atoms with Crippen molar-refractivity contribution < 1.29 is 18.0 Å². The Morgan fingerprint density at radius 1 is 1.39 bits per heavy atom. The van der Waals surface area contributed by atoms with Crippen molar-refractivity contribution in [3.8, 4) is 0 Å². The van der Waals surface area contributed by atoms with Crippen molar-refractivity contribution in [1.29, 1.82) is 0 Å². The van der Waals surface area contributed by atoms with Crippen molar-refractivity contribution in [3.05, 3.63) is 29.8 Å². The van der Waals surface area contributed by atoms with E-state index in [0.717, 1.165) is 4.31 Å². The smallest absolute Gasteiger partial charge is 0.244 e. The van der Waals surface area contributed by atoms with Crippen LogP contribution in [0, 0.1) is 5.92 Å². The Kier molecular flexibility index (Phi) is 2.98. The molecule has 1 aromatic rings. The van der Waals surface area contributed by atoms with Gasteiger partial charge in [-0.25, -0.2) is 12.7 Å². The molecule has 2 rings (SSSR count). The van der Waals surface area contributed by atoms with Crippen molar-refractivity contribution in [2.24, 2.45) is 5.92 Å². The number of Topliss-reactive ketones (excluding diaryl/α,β-unsaturated/α-hetero) is 1. The average Bonchev–Trinajstić information content (AvgIpc) is 2.48. The first-order valence-electron chi connectivity index (χ1n) is 5.51. The zero-order valence-corrected chi connectivity index (χ0v) is 10.9. The second-order valence-corrected chi connectivity index (χ2v) is 6.25. The summed E-state index contributed by atoms with van der Waals surface area (Å²) >= 11 is 0. The van der Waals surface area contributed by atoms with Gasteiger partial charge in [-0.05, 0) is 19.1 Å². The van der Waals surface area contributed by atoms with Gasteiger partial charge in [-0.3, -0.25) is 9.59 Å². The van der Waals surface area contributed by atoms with Gasteiger partial charge in [-0.1, -0.05) is 19.1 Å². The van der Waals surface area contributed by atoms with Gasteiger partial charge in [0.05, 0.1) is 17.4 Å². The number of carbonyl (C=O) groups is 2. The zero-order valence-electron chi connectivity index (χ0n) is 10.1. The molecular formula is C12H13NO4S. The fourth-order valence-electron chi connectivity index (χ4n) is 1.94. The second kappa shape index (κ2) is 4.20. The Labute approximate surface area is 105 Å². The summed E-state index contributed by atoms with van der Waals surface area (Å²) in [5.74, 6) is -1.35. The van der Waals surface area contributed by atoms with E-state index in [0.29, 0.717) is 5.56 Å². The monoisotopic (exact) mass is 267 g/mol. The molecule has 0 N–H and O–H groups in total. The van der Waals surface area contributed by atoms with Gasteiger partial charge in [0.1, 0.15) is 0 Å². The number of rotatable bonds is 2. The minimum Gasteiger partial charge on any atom is -0.295 e. The van der Waals surface area contributed by atoms with Gasteiger partial charge < -0.3 is 0 Å². The van der Waals surface area contributed by atoms with Gasteiger partial charge in [-0.15, -0.1) is 0 Å². The molecule has 1 aliphatic rings. The van der Waals surface area contributed by atoms with Crippen molar-refractivity contribution in [3.63, 3.8) is 0 Å². The summed E-state index contributed by atoms with van der Waals surface area (Å²) in [4.78, 5) is 23.1. The maximum absolute atomic E-state index is 11.9. The highest BCUT2D eigenvalue weighted by Gasteiger charge is 2.41. The number of hydrogen-bond donors (Lipinski definition) is 0. The molecule has 1 aromatic carbocycles. The van der Waals surface area contributed by atoms with Gasteiger partial charge in [0.2, 0.25) is 15.9 Å². The quantitative estimate of drug-likeness (QED) is 0.755. The van der Waals surface area contributed by atoms with Crippen LogP contribution in [0.25, 0.3) is 0 Å². The summed E-state index contributed by atoms with van der Waals surface area (Å²) in [6.07, 6.45) is 0. The molecule has 6 heteroatoms. The highest BCUT2D eigenvalue weighted by Crippen LogP contribution is 2.28. The minimum atomic E-state index is -3.61. The number of hydrogen-bond acceptors (Lipinski definition) is 4. The van der Waals surface area contributed by atoms with E-state index in [1.54, 1.807) is 19.1 Å². The molecular weight excluding hydrogens is 254 g/mol. The number of benzene rings is 1. The predicted molar refractivity (Wildman–Crippen MR) is 66.9 cm³/mol. The highest BCUT2D eigenvalue weighted by molar-refractivity contribution is 7.94. The van der Waals surface area contributed by atoms with Crippen LogP contribution in [0.1, 0.15) is 24.2 Å². The van der Waals surface area contributed by atoms with E-state index in [2.05, 4.69) is 0 Å². The molecule has 1 unspecified atom stereocenters. The van der Waals surface area contributed by atoms with Crippen LogP contribution in [0.2, 0.25) is 0 Å². The van der Waals surface area contributed by atoms with Crippen LogP contribution in [0.5, 0.6) is 0 Å². The van der Waals surface area contributed by atoms with Crippen molar-refractivity contribution >= 4 is 27.4 Å². The fraction of sp³-hybridized carbons (Fsp3) is 0.333. The van der Waals surface area contributed by atoms with Gasteiger partial charge in [0, 0.05) is 5.56 Å². The molecule has 1 saturated heterocycles. The van der Waals surface area contributed by atoms with E-state index >= 15 is 0 Å². The Hall–Kier alpha value is -1.69. The lowest BCUT2D eigenvalue weighted by molar-refractivity contribution is -0.119. The van der Waals surface area contributed by atoms with Crippen molar-refractivity contribution in [1.82, 2.24) is 0 Å². The molecule has 0 aromatic heterocycles. The second-order valence-electron chi connectivity index (χ2n) is 4.39. The first-order valence-corrected chi connectivity index (χ1v) is 7.11. The first kappa shape index (κ1) is 12.8. The molecule has 18 heavy (non-hydrogen) atoms. The van der Waals surface area contributed by atoms with Crippen LogP contribution in [0.3, 0.4) is 0 Å². The van der Waals surface area contributed by atoms with Crippen molar-refractivity contribution in [2.45, 2.75) is 13.8 Å². The van der Waals surface area contributed by atoms with Crippen molar-refractivity contribution in [2.75, 3.05) is 10.1 Å². The first-order chi connectivity index (χ1) is 8.33. The average molecular weight is 267 g/mol. The zero-order chi connectivity index (χ0) is 13.5. The van der Waals surface area contributed by atoms with Gasteiger partial charge in [-0.2, -0.15) is 0 Å². The van der Waals surface area contributed by atoms with Gasteiger partial charge >= 0.3 is 0 Å². The van der Waals surface area contributed by atoms with Gasteiger partial charge in [0.15, 0.2) is 5.78 Å². The van der Waals surface area contributed by atoms with Crippen LogP contribution in [-0.2, 0) is 14.8 Å². The lowest BCUT2D eigenvalue weighted by atomic mass is 10.1. The number of sulfonamides is 1. The predicted octanol–water partition coefficient (Wildman–Crippen LogP) is 1.20. The number of amides is 1. The summed E-state index contributed by atoms with van der Waals surface area (Å²) in [7, 11) is -3.61. The molecule has 1 atom stereocenters. The minimum absolute atomic E-state index is 0.172. The summed E-state index contributed by atoms with van der Waals surface area (Å²) < 4.78 is 24.6. The van der Waals surface area contributed by atoms with E-state index in [-0.39, 0.29) is 17.2 Å². The molecule has 0 saturated carbocycles. The molecule has 1 heterocycles. The molecule has 0 bridgehead atoms. The topological polar surface area (TPSA) is 71.5 Å². The van der Waals surface area contributed by atoms with E-state index in [9.17, 15) is 18.0 Å². The molecule has 0 radical (unpaired) electrons. The summed E-state index contributed by atoms with van der Waals surface area (Å²) in [5, 5.41) is 0. The molecule has 1 amide bonds. The third kappa shape index (κ3) is 2.03. The summed E-state index contributed by atoms with van der Waals surface area (Å²) in [6, 6.07) is 6.09. The lowest BCUT2D eigenvalue weighted by Crippen LogP contribution is -2.30. The SMILES string of the molecule is CC(=O)c1cccc(N2C(=O)C(C)CS2(=O)=O)c1. The Balaban J connectivity index is 2.52. The fourth-order valence-corrected chi connectivity index (χ4v) is 3.75. The Bertz CT molecular complexity index is 621. The Morgan fingerprint density at radius 2 is 2.06 bits per heavy atom. The molecule has 1 aliphatic heterocycles. The van der Waals surface area contributed by atoms with Crippen LogP contribution in [-0.4, -0.2) is 25.9 Å². The lowest BCUT2D eigenvalue weighted by Gasteiger charge is -2.15.